The van der Waals surface area contributed by atoms with Gasteiger partial charge in [0.1, 0.15) is 4.90 Å². The monoisotopic (exact) mass is 218 g/mol. The number of carbonyl (C=O) groups excluding carboxylic acids is 1. The van der Waals surface area contributed by atoms with Gasteiger partial charge in [-0.15, -0.1) is 0 Å². The number of rotatable bonds is 2. The minimum Gasteiger partial charge on any atom is -0.412 e. The van der Waals surface area contributed by atoms with E-state index in [4.69, 9.17) is 0 Å². The van der Waals surface area contributed by atoms with Crippen molar-refractivity contribution in [2.45, 2.75) is 11.8 Å². The van der Waals surface area contributed by atoms with Gasteiger partial charge in [0.25, 0.3) is 0 Å². The lowest BCUT2D eigenvalue weighted by Gasteiger charge is -2.01. The van der Waals surface area contributed by atoms with Crippen molar-refractivity contribution >= 4 is 16.1 Å². The average Bonchev–Trinajstić information content (AvgIpc) is 2.04. The number of hydrogen-bond donors (Lipinski definition) is 0. The number of hydrogen-bond acceptors (Lipinski definition) is 4. The molecule has 0 aliphatic heterocycles. The van der Waals surface area contributed by atoms with Gasteiger partial charge in [-0.3, -0.25) is 4.79 Å². The molecule has 0 radical (unpaired) electrons. The summed E-state index contributed by atoms with van der Waals surface area (Å²) in [5.41, 5.74) is 0. The van der Waals surface area contributed by atoms with Crippen LogP contribution in [0.3, 0.4) is 0 Å². The highest BCUT2D eigenvalue weighted by atomic mass is 32.2. The zero-order valence-electron chi connectivity index (χ0n) is 7.43. The topological polar surface area (TPSA) is 91.9 Å². The SMILES string of the molecule is CC(=O)OS(=O)(=O)c1ccccc1.O. The van der Waals surface area contributed by atoms with Gasteiger partial charge < -0.3 is 9.66 Å². The number of carbonyl (C=O) groups is 1. The average molecular weight is 218 g/mol. The fraction of sp³-hybridized carbons (Fsp3) is 0.125. The van der Waals surface area contributed by atoms with Crippen LogP contribution in [-0.2, 0) is 19.1 Å². The minimum atomic E-state index is -3.91. The van der Waals surface area contributed by atoms with E-state index in [0.717, 1.165) is 6.92 Å². The molecule has 0 aliphatic rings. The lowest BCUT2D eigenvalue weighted by atomic mass is 10.4. The molecule has 1 rings (SSSR count). The third-order valence-electron chi connectivity index (χ3n) is 1.26. The van der Waals surface area contributed by atoms with Gasteiger partial charge in [0.15, 0.2) is 0 Å². The highest BCUT2D eigenvalue weighted by Crippen LogP contribution is 2.10. The van der Waals surface area contributed by atoms with E-state index in [1.54, 1.807) is 18.2 Å². The largest absolute Gasteiger partial charge is 0.412 e. The van der Waals surface area contributed by atoms with E-state index < -0.39 is 16.1 Å². The van der Waals surface area contributed by atoms with Crippen LogP contribution in [0.5, 0.6) is 0 Å². The Hall–Kier alpha value is -1.40. The van der Waals surface area contributed by atoms with Crippen molar-refractivity contribution in [2.75, 3.05) is 0 Å². The van der Waals surface area contributed by atoms with Gasteiger partial charge in [-0.1, -0.05) is 18.2 Å². The molecule has 5 nitrogen and oxygen atoms in total. The second kappa shape index (κ2) is 4.73. The molecule has 0 bridgehead atoms. The van der Waals surface area contributed by atoms with Crippen LogP contribution in [-0.4, -0.2) is 19.9 Å². The van der Waals surface area contributed by atoms with Gasteiger partial charge in [-0.25, -0.2) is 0 Å². The standard InChI is InChI=1S/C8H8O4S.H2O/c1-7(9)12-13(10,11)8-5-3-2-4-6-8;/h2-6H,1H3;1H2. The van der Waals surface area contributed by atoms with E-state index in [0.29, 0.717) is 0 Å². The summed E-state index contributed by atoms with van der Waals surface area (Å²) in [7, 11) is -3.91. The summed E-state index contributed by atoms with van der Waals surface area (Å²) >= 11 is 0. The second-order valence-electron chi connectivity index (χ2n) is 2.34. The molecule has 0 aliphatic carbocycles. The summed E-state index contributed by atoms with van der Waals surface area (Å²) < 4.78 is 26.6. The van der Waals surface area contributed by atoms with E-state index in [-0.39, 0.29) is 10.4 Å². The normalized spacial score (nSPS) is 10.1. The molecule has 2 N–H and O–H groups in total. The summed E-state index contributed by atoms with van der Waals surface area (Å²) in [4.78, 5) is 10.4. The molecule has 0 heterocycles. The molecule has 14 heavy (non-hydrogen) atoms. The van der Waals surface area contributed by atoms with E-state index in [1.165, 1.54) is 12.1 Å². The lowest BCUT2D eigenvalue weighted by Crippen LogP contribution is -2.09. The lowest BCUT2D eigenvalue weighted by molar-refractivity contribution is -0.131. The fourth-order valence-corrected chi connectivity index (χ4v) is 1.69. The Morgan fingerprint density at radius 2 is 1.71 bits per heavy atom. The predicted octanol–water partition coefficient (Wildman–Crippen LogP) is 0.114. The quantitative estimate of drug-likeness (QED) is 0.659. The molecule has 1 aromatic rings. The van der Waals surface area contributed by atoms with Gasteiger partial charge in [-0.2, -0.15) is 8.42 Å². The van der Waals surface area contributed by atoms with Crippen LogP contribution in [0.4, 0.5) is 0 Å². The Balaban J connectivity index is 0.00000169. The van der Waals surface area contributed by atoms with Crippen molar-refractivity contribution in [3.05, 3.63) is 30.3 Å². The van der Waals surface area contributed by atoms with Crippen LogP contribution in [0, 0.1) is 0 Å². The molecule has 0 amide bonds. The Bertz CT molecular complexity index is 395. The summed E-state index contributed by atoms with van der Waals surface area (Å²) in [6.07, 6.45) is 0. The van der Waals surface area contributed by atoms with Gasteiger partial charge >= 0.3 is 16.1 Å². The molecule has 0 saturated heterocycles. The van der Waals surface area contributed by atoms with Crippen LogP contribution in [0.1, 0.15) is 6.92 Å². The first kappa shape index (κ1) is 12.6. The highest BCUT2D eigenvalue weighted by Gasteiger charge is 2.16. The highest BCUT2D eigenvalue weighted by molar-refractivity contribution is 7.87. The summed E-state index contributed by atoms with van der Waals surface area (Å²) in [5, 5.41) is 0. The molecule has 1 aromatic carbocycles. The smallest absolute Gasteiger partial charge is 0.341 e. The van der Waals surface area contributed by atoms with Gasteiger partial charge in [0, 0.05) is 6.92 Å². The molecular weight excluding hydrogens is 208 g/mol. The molecule has 0 fully saturated rings. The minimum absolute atomic E-state index is 0. The fourth-order valence-electron chi connectivity index (χ4n) is 0.790. The molecular formula is C8H10O5S. The molecule has 78 valence electrons. The van der Waals surface area contributed by atoms with Crippen LogP contribution in [0.2, 0.25) is 0 Å². The number of benzene rings is 1. The van der Waals surface area contributed by atoms with Crippen LogP contribution >= 0.6 is 0 Å². The first-order valence-electron chi connectivity index (χ1n) is 3.52. The predicted molar refractivity (Wildman–Crippen MR) is 49.0 cm³/mol. The third kappa shape index (κ3) is 3.15. The first-order valence-corrected chi connectivity index (χ1v) is 4.93. The molecule has 0 aromatic heterocycles. The molecule has 0 atom stereocenters. The second-order valence-corrected chi connectivity index (χ2v) is 3.89. The molecule has 0 spiro atoms. The maximum Gasteiger partial charge on any atom is 0.341 e. The van der Waals surface area contributed by atoms with Crippen molar-refractivity contribution in [2.24, 2.45) is 0 Å². The van der Waals surface area contributed by atoms with Gasteiger partial charge in [0.05, 0.1) is 0 Å². The zero-order chi connectivity index (χ0) is 9.90. The summed E-state index contributed by atoms with van der Waals surface area (Å²) in [6, 6.07) is 7.50. The Morgan fingerprint density at radius 1 is 1.21 bits per heavy atom. The summed E-state index contributed by atoms with van der Waals surface area (Å²) in [5.74, 6) is -0.844. The van der Waals surface area contributed by atoms with Gasteiger partial charge in [-0.05, 0) is 12.1 Å². The van der Waals surface area contributed by atoms with Crippen molar-refractivity contribution in [3.8, 4) is 0 Å². The van der Waals surface area contributed by atoms with Gasteiger partial charge in [0.2, 0.25) is 0 Å². The third-order valence-corrected chi connectivity index (χ3v) is 2.56. The summed E-state index contributed by atoms with van der Waals surface area (Å²) in [6.45, 7) is 1.04. The maximum absolute atomic E-state index is 11.2. The van der Waals surface area contributed by atoms with E-state index in [1.807, 2.05) is 0 Å². The van der Waals surface area contributed by atoms with Crippen molar-refractivity contribution < 1.29 is 22.9 Å². The van der Waals surface area contributed by atoms with Crippen LogP contribution < -0.4 is 0 Å². The Labute approximate surface area is 81.8 Å². The van der Waals surface area contributed by atoms with Crippen molar-refractivity contribution in [1.29, 1.82) is 0 Å². The Kier molecular flexibility index (Phi) is 4.26. The van der Waals surface area contributed by atoms with Crippen LogP contribution in [0.15, 0.2) is 35.2 Å². The molecule has 6 heteroatoms. The zero-order valence-corrected chi connectivity index (χ0v) is 8.24. The van der Waals surface area contributed by atoms with Crippen molar-refractivity contribution in [1.82, 2.24) is 0 Å². The first-order chi connectivity index (χ1) is 6.02. The maximum atomic E-state index is 11.2. The molecule has 0 saturated carbocycles. The van der Waals surface area contributed by atoms with E-state index in [2.05, 4.69) is 4.18 Å². The van der Waals surface area contributed by atoms with E-state index >= 15 is 0 Å². The Morgan fingerprint density at radius 3 is 2.14 bits per heavy atom. The van der Waals surface area contributed by atoms with Crippen molar-refractivity contribution in [3.63, 3.8) is 0 Å². The molecule has 0 unspecified atom stereocenters. The van der Waals surface area contributed by atoms with E-state index in [9.17, 15) is 13.2 Å². The van der Waals surface area contributed by atoms with Crippen LogP contribution in [0.25, 0.3) is 0 Å².